The van der Waals surface area contributed by atoms with E-state index in [0.717, 1.165) is 18.3 Å². The van der Waals surface area contributed by atoms with Gasteiger partial charge in [-0.15, -0.1) is 0 Å². The van der Waals surface area contributed by atoms with E-state index in [4.69, 9.17) is 0 Å². The molecule has 2 heterocycles. The van der Waals surface area contributed by atoms with Crippen LogP contribution >= 0.6 is 11.8 Å². The van der Waals surface area contributed by atoms with E-state index in [1.54, 1.807) is 11.8 Å². The van der Waals surface area contributed by atoms with Crippen LogP contribution in [0.3, 0.4) is 0 Å². The molecule has 0 bridgehead atoms. The standard InChI is InChI=1S/C13H14N2S/c1-10-7-14-13-15(8-10)12(9-16-13)11-5-3-2-4-6-11/h2-6,9-10H,7-8H2,1H3. The molecule has 0 amide bonds. The zero-order valence-electron chi connectivity index (χ0n) is 9.26. The van der Waals surface area contributed by atoms with Gasteiger partial charge in [0.15, 0.2) is 5.17 Å². The number of benzene rings is 1. The summed E-state index contributed by atoms with van der Waals surface area (Å²) in [6.45, 7) is 4.31. The summed E-state index contributed by atoms with van der Waals surface area (Å²) in [7, 11) is 0. The maximum absolute atomic E-state index is 4.60. The van der Waals surface area contributed by atoms with Gasteiger partial charge in [-0.05, 0) is 11.5 Å². The predicted molar refractivity (Wildman–Crippen MR) is 70.2 cm³/mol. The van der Waals surface area contributed by atoms with E-state index in [9.17, 15) is 0 Å². The number of thioether (sulfide) groups is 1. The van der Waals surface area contributed by atoms with Gasteiger partial charge in [0.25, 0.3) is 0 Å². The zero-order chi connectivity index (χ0) is 11.0. The lowest BCUT2D eigenvalue weighted by atomic mass is 10.1. The van der Waals surface area contributed by atoms with Crippen molar-refractivity contribution < 1.29 is 0 Å². The van der Waals surface area contributed by atoms with Crippen molar-refractivity contribution in [3.05, 3.63) is 41.3 Å². The third kappa shape index (κ3) is 1.65. The van der Waals surface area contributed by atoms with Crippen LogP contribution in [0.1, 0.15) is 12.5 Å². The van der Waals surface area contributed by atoms with Crippen LogP contribution in [0.4, 0.5) is 0 Å². The SMILES string of the molecule is CC1CN=C2SC=C(c3ccccc3)N2C1. The molecule has 0 N–H and O–H groups in total. The minimum Gasteiger partial charge on any atom is -0.320 e. The van der Waals surface area contributed by atoms with Crippen LogP contribution in [-0.4, -0.2) is 23.2 Å². The summed E-state index contributed by atoms with van der Waals surface area (Å²) >= 11 is 1.75. The number of amidine groups is 1. The molecule has 0 radical (unpaired) electrons. The highest BCUT2D eigenvalue weighted by Crippen LogP contribution is 2.35. The Bertz CT molecular complexity index is 450. The Morgan fingerprint density at radius 1 is 1.31 bits per heavy atom. The minimum absolute atomic E-state index is 0.648. The summed E-state index contributed by atoms with van der Waals surface area (Å²) in [5, 5.41) is 3.38. The first-order valence-corrected chi connectivity index (χ1v) is 6.47. The molecule has 0 spiro atoms. The van der Waals surface area contributed by atoms with Gasteiger partial charge in [-0.3, -0.25) is 4.99 Å². The fraction of sp³-hybridized carbons (Fsp3) is 0.308. The number of fused-ring (bicyclic) bond motifs is 1. The topological polar surface area (TPSA) is 15.6 Å². The van der Waals surface area contributed by atoms with Crippen molar-refractivity contribution in [1.29, 1.82) is 0 Å². The van der Waals surface area contributed by atoms with E-state index in [1.807, 2.05) is 0 Å². The van der Waals surface area contributed by atoms with E-state index < -0.39 is 0 Å². The number of hydrogen-bond acceptors (Lipinski definition) is 3. The molecule has 0 fully saturated rings. The number of rotatable bonds is 1. The van der Waals surface area contributed by atoms with Crippen LogP contribution < -0.4 is 0 Å². The quantitative estimate of drug-likeness (QED) is 0.737. The minimum atomic E-state index is 0.648. The summed E-state index contributed by atoms with van der Waals surface area (Å²) in [6, 6.07) is 10.6. The fourth-order valence-electron chi connectivity index (χ4n) is 2.07. The van der Waals surface area contributed by atoms with Gasteiger partial charge in [0.05, 0.1) is 5.70 Å². The number of nitrogens with zero attached hydrogens (tertiary/aromatic N) is 2. The molecule has 0 saturated carbocycles. The van der Waals surface area contributed by atoms with Crippen LogP contribution in [0, 0.1) is 5.92 Å². The van der Waals surface area contributed by atoms with E-state index in [2.05, 4.69) is 52.6 Å². The average molecular weight is 230 g/mol. The van der Waals surface area contributed by atoms with Gasteiger partial charge in [0.1, 0.15) is 0 Å². The summed E-state index contributed by atoms with van der Waals surface area (Å²) in [4.78, 5) is 6.94. The molecule has 16 heavy (non-hydrogen) atoms. The highest BCUT2D eigenvalue weighted by Gasteiger charge is 2.28. The third-order valence-corrected chi connectivity index (χ3v) is 3.80. The summed E-state index contributed by atoms with van der Waals surface area (Å²) in [6.07, 6.45) is 0. The van der Waals surface area contributed by atoms with Crippen molar-refractivity contribution in [3.8, 4) is 0 Å². The van der Waals surface area contributed by atoms with Gasteiger partial charge in [-0.2, -0.15) is 0 Å². The lowest BCUT2D eigenvalue weighted by Crippen LogP contribution is -2.34. The highest BCUT2D eigenvalue weighted by atomic mass is 32.2. The van der Waals surface area contributed by atoms with Gasteiger partial charge in [0, 0.05) is 18.5 Å². The molecule has 2 aliphatic heterocycles. The van der Waals surface area contributed by atoms with E-state index in [-0.39, 0.29) is 0 Å². The van der Waals surface area contributed by atoms with Gasteiger partial charge in [0.2, 0.25) is 0 Å². The second-order valence-electron chi connectivity index (χ2n) is 4.33. The first kappa shape index (κ1) is 9.97. The van der Waals surface area contributed by atoms with Crippen LogP contribution in [-0.2, 0) is 0 Å². The molecule has 1 unspecified atom stereocenters. The largest absolute Gasteiger partial charge is 0.320 e. The predicted octanol–water partition coefficient (Wildman–Crippen LogP) is 3.04. The van der Waals surface area contributed by atoms with Crippen LogP contribution in [0.5, 0.6) is 0 Å². The van der Waals surface area contributed by atoms with Crippen molar-refractivity contribution >= 4 is 22.6 Å². The van der Waals surface area contributed by atoms with Crippen LogP contribution in [0.25, 0.3) is 5.70 Å². The molecule has 0 saturated heterocycles. The summed E-state index contributed by atoms with van der Waals surface area (Å²) in [5.41, 5.74) is 2.59. The Hall–Kier alpha value is -1.22. The number of aliphatic imine (C=N–C) groups is 1. The molecule has 1 aromatic rings. The molecule has 0 aliphatic carbocycles. The van der Waals surface area contributed by atoms with E-state index in [0.29, 0.717) is 5.92 Å². The Balaban J connectivity index is 1.94. The lowest BCUT2D eigenvalue weighted by molar-refractivity contribution is 0.434. The zero-order valence-corrected chi connectivity index (χ0v) is 10.1. The van der Waals surface area contributed by atoms with Gasteiger partial charge in [-0.25, -0.2) is 0 Å². The lowest BCUT2D eigenvalue weighted by Gasteiger charge is -2.29. The smallest absolute Gasteiger partial charge is 0.168 e. The molecule has 3 heteroatoms. The summed E-state index contributed by atoms with van der Waals surface area (Å²) in [5.74, 6) is 0.648. The molecule has 1 atom stereocenters. The molecule has 82 valence electrons. The van der Waals surface area contributed by atoms with Crippen LogP contribution in [0.2, 0.25) is 0 Å². The third-order valence-electron chi connectivity index (χ3n) is 2.90. The van der Waals surface area contributed by atoms with Crippen molar-refractivity contribution in [2.75, 3.05) is 13.1 Å². The molecular weight excluding hydrogens is 216 g/mol. The van der Waals surface area contributed by atoms with Gasteiger partial charge >= 0.3 is 0 Å². The Morgan fingerprint density at radius 2 is 2.12 bits per heavy atom. The first-order chi connectivity index (χ1) is 7.84. The highest BCUT2D eigenvalue weighted by molar-refractivity contribution is 8.16. The maximum atomic E-state index is 4.60. The fourth-order valence-corrected chi connectivity index (χ4v) is 3.00. The van der Waals surface area contributed by atoms with E-state index >= 15 is 0 Å². The summed E-state index contributed by atoms with van der Waals surface area (Å²) < 4.78 is 0. The molecule has 1 aromatic carbocycles. The Kier molecular flexibility index (Phi) is 2.48. The first-order valence-electron chi connectivity index (χ1n) is 5.59. The maximum Gasteiger partial charge on any atom is 0.168 e. The second-order valence-corrected chi connectivity index (χ2v) is 5.16. The van der Waals surface area contributed by atoms with Crippen molar-refractivity contribution in [2.24, 2.45) is 10.9 Å². The normalized spacial score (nSPS) is 23.8. The molecule has 2 nitrogen and oxygen atoms in total. The molecular formula is C13H14N2S. The van der Waals surface area contributed by atoms with E-state index in [1.165, 1.54) is 11.3 Å². The van der Waals surface area contributed by atoms with Crippen molar-refractivity contribution in [1.82, 2.24) is 4.90 Å². The van der Waals surface area contributed by atoms with Gasteiger partial charge in [-0.1, -0.05) is 49.0 Å². The van der Waals surface area contributed by atoms with Gasteiger partial charge < -0.3 is 4.90 Å². The van der Waals surface area contributed by atoms with Crippen molar-refractivity contribution in [3.63, 3.8) is 0 Å². The monoisotopic (exact) mass is 230 g/mol. The van der Waals surface area contributed by atoms with Crippen molar-refractivity contribution in [2.45, 2.75) is 6.92 Å². The molecule has 2 aliphatic rings. The average Bonchev–Trinajstić information content (AvgIpc) is 2.73. The number of hydrogen-bond donors (Lipinski definition) is 0. The second kappa shape index (κ2) is 3.98. The molecule has 0 aromatic heterocycles. The molecule has 3 rings (SSSR count). The Labute approximate surface area is 100 Å². The Morgan fingerprint density at radius 3 is 2.94 bits per heavy atom. The van der Waals surface area contributed by atoms with Crippen LogP contribution in [0.15, 0.2) is 40.7 Å².